The van der Waals surface area contributed by atoms with E-state index >= 15 is 0 Å². The van der Waals surface area contributed by atoms with E-state index in [0.717, 1.165) is 17.7 Å². The maximum atomic E-state index is 12.6. The summed E-state index contributed by atoms with van der Waals surface area (Å²) in [5.41, 5.74) is 2.10. The molecule has 0 radical (unpaired) electrons. The van der Waals surface area contributed by atoms with Crippen LogP contribution in [0.1, 0.15) is 17.2 Å². The summed E-state index contributed by atoms with van der Waals surface area (Å²) in [6.45, 7) is 2.69. The molecular weight excluding hydrogens is 143 g/mol. The van der Waals surface area contributed by atoms with E-state index in [4.69, 9.17) is 4.74 Å². The first-order valence-electron chi connectivity index (χ1n) is 3.65. The van der Waals surface area contributed by atoms with Crippen LogP contribution in [0.3, 0.4) is 0 Å². The molecular formula is C9H9FO. The molecule has 1 atom stereocenters. The van der Waals surface area contributed by atoms with Gasteiger partial charge in [-0.05, 0) is 30.2 Å². The molecule has 1 aromatic rings. The molecule has 1 nitrogen and oxygen atoms in total. The zero-order valence-corrected chi connectivity index (χ0v) is 6.30. The molecule has 58 valence electrons. The number of hydrogen-bond acceptors (Lipinski definition) is 1. The SMILES string of the molecule is Cc1cc(F)ccc1[C@H]1CO1. The molecule has 1 saturated heterocycles. The maximum absolute atomic E-state index is 12.6. The quantitative estimate of drug-likeness (QED) is 0.562. The van der Waals surface area contributed by atoms with Gasteiger partial charge in [0.1, 0.15) is 11.9 Å². The fourth-order valence-corrected chi connectivity index (χ4v) is 1.23. The second-order valence-corrected chi connectivity index (χ2v) is 2.82. The molecule has 0 aromatic heterocycles. The molecule has 0 unspecified atom stereocenters. The van der Waals surface area contributed by atoms with Crippen molar-refractivity contribution < 1.29 is 9.13 Å². The van der Waals surface area contributed by atoms with E-state index in [1.165, 1.54) is 12.1 Å². The van der Waals surface area contributed by atoms with Crippen LogP contribution >= 0.6 is 0 Å². The Hall–Kier alpha value is -0.890. The minimum Gasteiger partial charge on any atom is -0.368 e. The molecule has 11 heavy (non-hydrogen) atoms. The van der Waals surface area contributed by atoms with E-state index in [9.17, 15) is 4.39 Å². The van der Waals surface area contributed by atoms with Crippen molar-refractivity contribution in [1.82, 2.24) is 0 Å². The van der Waals surface area contributed by atoms with Gasteiger partial charge in [-0.15, -0.1) is 0 Å². The van der Waals surface area contributed by atoms with E-state index in [0.29, 0.717) is 0 Å². The number of halogens is 1. The molecule has 2 rings (SSSR count). The van der Waals surface area contributed by atoms with E-state index in [1.54, 1.807) is 6.07 Å². The lowest BCUT2D eigenvalue weighted by atomic mass is 10.1. The highest BCUT2D eigenvalue weighted by atomic mass is 19.1. The summed E-state index contributed by atoms with van der Waals surface area (Å²) in [6.07, 6.45) is 0.232. The third kappa shape index (κ3) is 1.26. The summed E-state index contributed by atoms with van der Waals surface area (Å²) >= 11 is 0. The first-order chi connectivity index (χ1) is 5.27. The average molecular weight is 152 g/mol. The molecule has 2 heteroatoms. The zero-order valence-electron chi connectivity index (χ0n) is 6.30. The molecule has 1 fully saturated rings. The van der Waals surface area contributed by atoms with Crippen LogP contribution in [0.2, 0.25) is 0 Å². The molecule has 1 aliphatic rings. The largest absolute Gasteiger partial charge is 0.368 e. The molecule has 0 spiro atoms. The monoisotopic (exact) mass is 152 g/mol. The van der Waals surface area contributed by atoms with Gasteiger partial charge in [0.15, 0.2) is 0 Å². The van der Waals surface area contributed by atoms with Gasteiger partial charge in [-0.25, -0.2) is 4.39 Å². The predicted molar refractivity (Wildman–Crippen MR) is 39.8 cm³/mol. The number of ether oxygens (including phenoxy) is 1. The van der Waals surface area contributed by atoms with Gasteiger partial charge in [0.2, 0.25) is 0 Å². The van der Waals surface area contributed by atoms with Crippen molar-refractivity contribution in [1.29, 1.82) is 0 Å². The fourth-order valence-electron chi connectivity index (χ4n) is 1.23. The Morgan fingerprint density at radius 3 is 2.82 bits per heavy atom. The van der Waals surface area contributed by atoms with Crippen molar-refractivity contribution in [2.75, 3.05) is 6.61 Å². The van der Waals surface area contributed by atoms with Crippen LogP contribution in [0.15, 0.2) is 18.2 Å². The molecule has 0 aliphatic carbocycles. The van der Waals surface area contributed by atoms with Crippen molar-refractivity contribution in [2.45, 2.75) is 13.0 Å². The van der Waals surface area contributed by atoms with Crippen molar-refractivity contribution in [3.8, 4) is 0 Å². The topological polar surface area (TPSA) is 12.5 Å². The summed E-state index contributed by atoms with van der Waals surface area (Å²) < 4.78 is 17.7. The summed E-state index contributed by atoms with van der Waals surface area (Å²) in [4.78, 5) is 0. The van der Waals surface area contributed by atoms with Gasteiger partial charge in [0.05, 0.1) is 6.61 Å². The van der Waals surface area contributed by atoms with Crippen LogP contribution in [0.4, 0.5) is 4.39 Å². The van der Waals surface area contributed by atoms with Gasteiger partial charge in [0.25, 0.3) is 0 Å². The third-order valence-electron chi connectivity index (χ3n) is 1.91. The second-order valence-electron chi connectivity index (χ2n) is 2.82. The zero-order chi connectivity index (χ0) is 7.84. The van der Waals surface area contributed by atoms with Crippen LogP contribution < -0.4 is 0 Å². The lowest BCUT2D eigenvalue weighted by Gasteiger charge is -2.00. The van der Waals surface area contributed by atoms with E-state index in [2.05, 4.69) is 0 Å². The van der Waals surface area contributed by atoms with Gasteiger partial charge >= 0.3 is 0 Å². The minimum absolute atomic E-state index is 0.174. The van der Waals surface area contributed by atoms with E-state index in [1.807, 2.05) is 6.92 Å². The summed E-state index contributed by atoms with van der Waals surface area (Å²) in [6, 6.07) is 4.81. The first-order valence-corrected chi connectivity index (χ1v) is 3.65. The average Bonchev–Trinajstić information content (AvgIpc) is 2.70. The summed E-state index contributed by atoms with van der Waals surface area (Å²) in [7, 11) is 0. The Labute approximate surface area is 64.8 Å². The number of aryl methyl sites for hydroxylation is 1. The Bertz CT molecular complexity index is 279. The van der Waals surface area contributed by atoms with Crippen LogP contribution in [-0.4, -0.2) is 6.61 Å². The minimum atomic E-state index is -0.174. The maximum Gasteiger partial charge on any atom is 0.123 e. The lowest BCUT2D eigenvalue weighted by molar-refractivity contribution is 0.414. The fraction of sp³-hybridized carbons (Fsp3) is 0.333. The van der Waals surface area contributed by atoms with Crippen molar-refractivity contribution in [3.63, 3.8) is 0 Å². The standard InChI is InChI=1S/C9H9FO/c1-6-4-7(10)2-3-8(6)9-5-11-9/h2-4,9H,5H2,1H3/t9-/m1/s1. The van der Waals surface area contributed by atoms with Crippen molar-refractivity contribution >= 4 is 0 Å². The Morgan fingerprint density at radius 1 is 1.55 bits per heavy atom. The van der Waals surface area contributed by atoms with Gasteiger partial charge in [0, 0.05) is 0 Å². The molecule has 1 aromatic carbocycles. The predicted octanol–water partition coefficient (Wildman–Crippen LogP) is 2.21. The smallest absolute Gasteiger partial charge is 0.123 e. The van der Waals surface area contributed by atoms with E-state index in [-0.39, 0.29) is 11.9 Å². The molecule has 0 saturated carbocycles. The van der Waals surface area contributed by atoms with Crippen LogP contribution in [0, 0.1) is 12.7 Å². The summed E-state index contributed by atoms with van der Waals surface area (Å²) in [5.74, 6) is -0.174. The lowest BCUT2D eigenvalue weighted by Crippen LogP contribution is -1.87. The highest BCUT2D eigenvalue weighted by Gasteiger charge is 2.25. The highest BCUT2D eigenvalue weighted by Crippen LogP contribution is 2.31. The van der Waals surface area contributed by atoms with Gasteiger partial charge in [-0.3, -0.25) is 0 Å². The van der Waals surface area contributed by atoms with Crippen LogP contribution in [0.25, 0.3) is 0 Å². The van der Waals surface area contributed by atoms with E-state index < -0.39 is 0 Å². The highest BCUT2D eigenvalue weighted by molar-refractivity contribution is 5.30. The molecule has 1 heterocycles. The van der Waals surface area contributed by atoms with Gasteiger partial charge in [-0.2, -0.15) is 0 Å². The molecule has 0 N–H and O–H groups in total. The van der Waals surface area contributed by atoms with Crippen molar-refractivity contribution in [3.05, 3.63) is 35.1 Å². The van der Waals surface area contributed by atoms with Crippen LogP contribution in [-0.2, 0) is 4.74 Å². The number of epoxide rings is 1. The van der Waals surface area contributed by atoms with Crippen molar-refractivity contribution in [2.24, 2.45) is 0 Å². The number of benzene rings is 1. The normalized spacial score (nSPS) is 21.8. The number of rotatable bonds is 1. The Kier molecular flexibility index (Phi) is 1.43. The number of hydrogen-bond donors (Lipinski definition) is 0. The van der Waals surface area contributed by atoms with Gasteiger partial charge < -0.3 is 4.74 Å². The molecule has 0 amide bonds. The molecule has 1 aliphatic heterocycles. The Morgan fingerprint density at radius 2 is 2.27 bits per heavy atom. The first kappa shape index (κ1) is 6.80. The summed E-state index contributed by atoms with van der Waals surface area (Å²) in [5, 5.41) is 0. The van der Waals surface area contributed by atoms with Crippen LogP contribution in [0.5, 0.6) is 0 Å². The second kappa shape index (κ2) is 2.31. The van der Waals surface area contributed by atoms with Gasteiger partial charge in [-0.1, -0.05) is 6.07 Å². The Balaban J connectivity index is 2.39. The third-order valence-corrected chi connectivity index (χ3v) is 1.91. The molecule has 0 bridgehead atoms.